The molecule has 2 aromatic heterocycles. The molecule has 106 valence electrons. The van der Waals surface area contributed by atoms with Gasteiger partial charge in [-0.05, 0) is 19.4 Å². The van der Waals surface area contributed by atoms with Crippen molar-refractivity contribution < 1.29 is 4.42 Å². The summed E-state index contributed by atoms with van der Waals surface area (Å²) in [7, 11) is 0. The molecule has 3 N–H and O–H groups in total. The topological polar surface area (TPSA) is 89.9 Å². The van der Waals surface area contributed by atoms with Crippen LogP contribution in [-0.4, -0.2) is 20.2 Å². The third-order valence-electron chi connectivity index (χ3n) is 3.06. The van der Waals surface area contributed by atoms with Crippen LogP contribution in [0.15, 0.2) is 10.6 Å². The molecule has 0 aliphatic rings. The normalized spacial score (nSPS) is 10.6. The lowest BCUT2D eigenvalue weighted by Crippen LogP contribution is -2.18. The van der Waals surface area contributed by atoms with Gasteiger partial charge < -0.3 is 15.5 Å². The molecule has 0 fully saturated rings. The highest BCUT2D eigenvalue weighted by molar-refractivity contribution is 7.80. The van der Waals surface area contributed by atoms with Gasteiger partial charge in [0, 0.05) is 6.42 Å². The number of nitrogens with one attached hydrogen (secondary N) is 1. The minimum Gasteiger partial charge on any atom is -0.444 e. The van der Waals surface area contributed by atoms with Crippen molar-refractivity contribution in [2.24, 2.45) is 5.73 Å². The van der Waals surface area contributed by atoms with E-state index < -0.39 is 0 Å². The predicted molar refractivity (Wildman–Crippen MR) is 80.6 cm³/mol. The van der Waals surface area contributed by atoms with Crippen LogP contribution < -0.4 is 11.1 Å². The maximum Gasteiger partial charge on any atom is 0.213 e. The van der Waals surface area contributed by atoms with Crippen LogP contribution in [0.4, 0.5) is 5.82 Å². The molecule has 0 aromatic carbocycles. The van der Waals surface area contributed by atoms with Gasteiger partial charge in [0.25, 0.3) is 0 Å². The Morgan fingerprint density at radius 2 is 2.15 bits per heavy atom. The van der Waals surface area contributed by atoms with Gasteiger partial charge in [-0.1, -0.05) is 19.1 Å². The summed E-state index contributed by atoms with van der Waals surface area (Å²) in [6.45, 7) is 6.21. The summed E-state index contributed by atoms with van der Waals surface area (Å²) in [4.78, 5) is 4.47. The Labute approximate surface area is 122 Å². The van der Waals surface area contributed by atoms with E-state index in [2.05, 4.69) is 20.5 Å². The maximum absolute atomic E-state index is 5.76. The first-order valence-electron chi connectivity index (χ1n) is 6.34. The van der Waals surface area contributed by atoms with E-state index in [1.807, 2.05) is 20.8 Å². The standard InChI is InChI=1S/C13H17N5OS/c1-4-9-5-15-10(19-9)6-16-13-11(12(14)20)7(2)8(3)17-18-13/h5H,4,6H2,1-3H3,(H2,14,20)(H,16,18). The van der Waals surface area contributed by atoms with Gasteiger partial charge in [-0.15, -0.1) is 5.10 Å². The molecular weight excluding hydrogens is 274 g/mol. The average molecular weight is 291 g/mol. The third-order valence-corrected chi connectivity index (χ3v) is 3.26. The number of anilines is 1. The van der Waals surface area contributed by atoms with E-state index in [9.17, 15) is 0 Å². The molecule has 2 aromatic rings. The number of nitrogens with two attached hydrogens (primary N) is 1. The zero-order valence-electron chi connectivity index (χ0n) is 11.7. The molecule has 0 unspecified atom stereocenters. The summed E-state index contributed by atoms with van der Waals surface area (Å²) < 4.78 is 5.52. The Bertz CT molecular complexity index is 638. The molecule has 20 heavy (non-hydrogen) atoms. The number of aromatic nitrogens is 3. The Kier molecular flexibility index (Phi) is 4.29. The van der Waals surface area contributed by atoms with Crippen LogP contribution in [0.3, 0.4) is 0 Å². The van der Waals surface area contributed by atoms with E-state index in [4.69, 9.17) is 22.4 Å². The zero-order chi connectivity index (χ0) is 14.7. The average Bonchev–Trinajstić information content (AvgIpc) is 2.87. The number of aryl methyl sites for hydroxylation is 2. The molecule has 0 saturated heterocycles. The van der Waals surface area contributed by atoms with Crippen molar-refractivity contribution in [1.82, 2.24) is 15.2 Å². The highest BCUT2D eigenvalue weighted by Crippen LogP contribution is 2.19. The lowest BCUT2D eigenvalue weighted by molar-refractivity contribution is 0.465. The number of oxazole rings is 1. The van der Waals surface area contributed by atoms with Gasteiger partial charge in [0.15, 0.2) is 5.82 Å². The van der Waals surface area contributed by atoms with Gasteiger partial charge >= 0.3 is 0 Å². The first kappa shape index (κ1) is 14.4. The molecule has 2 heterocycles. The van der Waals surface area contributed by atoms with E-state index in [0.29, 0.717) is 23.2 Å². The van der Waals surface area contributed by atoms with Crippen molar-refractivity contribution >= 4 is 23.0 Å². The lowest BCUT2D eigenvalue weighted by Gasteiger charge is -2.12. The molecule has 0 atom stereocenters. The first-order chi connectivity index (χ1) is 9.52. The van der Waals surface area contributed by atoms with E-state index in [1.54, 1.807) is 6.20 Å². The van der Waals surface area contributed by atoms with Crippen LogP contribution in [0.5, 0.6) is 0 Å². The van der Waals surface area contributed by atoms with Crippen LogP contribution in [0.1, 0.15) is 35.4 Å². The molecule has 2 rings (SSSR count). The summed E-state index contributed by atoms with van der Waals surface area (Å²) in [6, 6.07) is 0. The highest BCUT2D eigenvalue weighted by atomic mass is 32.1. The van der Waals surface area contributed by atoms with Gasteiger partial charge in [0.1, 0.15) is 10.7 Å². The van der Waals surface area contributed by atoms with Crippen molar-refractivity contribution in [3.8, 4) is 0 Å². The summed E-state index contributed by atoms with van der Waals surface area (Å²) >= 11 is 5.08. The first-order valence-corrected chi connectivity index (χ1v) is 6.74. The largest absolute Gasteiger partial charge is 0.444 e. The molecule has 7 heteroatoms. The van der Waals surface area contributed by atoms with E-state index >= 15 is 0 Å². The number of rotatable bonds is 5. The molecule has 0 aliphatic carbocycles. The van der Waals surface area contributed by atoms with Crippen molar-refractivity contribution in [3.63, 3.8) is 0 Å². The fourth-order valence-electron chi connectivity index (χ4n) is 1.79. The summed E-state index contributed by atoms with van der Waals surface area (Å²) in [6.07, 6.45) is 2.53. The lowest BCUT2D eigenvalue weighted by atomic mass is 10.1. The fraction of sp³-hybridized carbons (Fsp3) is 0.385. The zero-order valence-corrected chi connectivity index (χ0v) is 12.5. The Balaban J connectivity index is 2.21. The molecule has 0 spiro atoms. The Morgan fingerprint density at radius 3 is 2.75 bits per heavy atom. The van der Waals surface area contributed by atoms with Gasteiger partial charge in [0.2, 0.25) is 5.89 Å². The Morgan fingerprint density at radius 1 is 1.40 bits per heavy atom. The second-order valence-electron chi connectivity index (χ2n) is 4.43. The number of hydrogen-bond acceptors (Lipinski definition) is 6. The predicted octanol–water partition coefficient (Wildman–Crippen LogP) is 1.89. The summed E-state index contributed by atoms with van der Waals surface area (Å²) in [5.74, 6) is 2.00. The van der Waals surface area contributed by atoms with Gasteiger partial charge in [-0.2, -0.15) is 5.10 Å². The number of hydrogen-bond donors (Lipinski definition) is 2. The van der Waals surface area contributed by atoms with E-state index in [1.165, 1.54) is 0 Å². The minimum atomic E-state index is 0.296. The van der Waals surface area contributed by atoms with Crippen LogP contribution in [0.2, 0.25) is 0 Å². The molecule has 0 radical (unpaired) electrons. The second-order valence-corrected chi connectivity index (χ2v) is 4.87. The molecular formula is C13H17N5OS. The van der Waals surface area contributed by atoms with Crippen molar-refractivity contribution in [1.29, 1.82) is 0 Å². The highest BCUT2D eigenvalue weighted by Gasteiger charge is 2.14. The van der Waals surface area contributed by atoms with Gasteiger partial charge in [0.05, 0.1) is 24.0 Å². The molecule has 0 amide bonds. The van der Waals surface area contributed by atoms with E-state index in [0.717, 1.165) is 29.0 Å². The van der Waals surface area contributed by atoms with Gasteiger partial charge in [-0.3, -0.25) is 0 Å². The monoisotopic (exact) mass is 291 g/mol. The SMILES string of the molecule is CCc1cnc(CNc2nnc(C)c(C)c2C(N)=S)o1. The van der Waals surface area contributed by atoms with Crippen LogP contribution in [0, 0.1) is 13.8 Å². The Hall–Kier alpha value is -2.02. The van der Waals surface area contributed by atoms with Crippen LogP contribution in [-0.2, 0) is 13.0 Å². The fourth-order valence-corrected chi connectivity index (χ4v) is 2.04. The minimum absolute atomic E-state index is 0.296. The molecule has 0 bridgehead atoms. The smallest absolute Gasteiger partial charge is 0.213 e. The maximum atomic E-state index is 5.76. The van der Waals surface area contributed by atoms with Crippen LogP contribution >= 0.6 is 12.2 Å². The van der Waals surface area contributed by atoms with Crippen molar-refractivity contribution in [2.45, 2.75) is 33.7 Å². The number of thiocarbonyl (C=S) groups is 1. The molecule has 6 nitrogen and oxygen atoms in total. The summed E-state index contributed by atoms with van der Waals surface area (Å²) in [5, 5.41) is 11.3. The van der Waals surface area contributed by atoms with E-state index in [-0.39, 0.29) is 0 Å². The molecule has 0 saturated carbocycles. The van der Waals surface area contributed by atoms with Crippen molar-refractivity contribution in [3.05, 3.63) is 34.7 Å². The van der Waals surface area contributed by atoms with Gasteiger partial charge in [-0.25, -0.2) is 4.98 Å². The number of nitrogens with zero attached hydrogens (tertiary/aromatic N) is 3. The van der Waals surface area contributed by atoms with Crippen LogP contribution in [0.25, 0.3) is 0 Å². The quantitative estimate of drug-likeness (QED) is 0.813. The summed E-state index contributed by atoms with van der Waals surface area (Å²) in [5.41, 5.74) is 8.22. The van der Waals surface area contributed by atoms with Crippen molar-refractivity contribution in [2.75, 3.05) is 5.32 Å². The molecule has 0 aliphatic heterocycles. The third kappa shape index (κ3) is 2.93. The second kappa shape index (κ2) is 5.96.